The van der Waals surface area contributed by atoms with E-state index in [9.17, 15) is 15.0 Å². The maximum atomic E-state index is 11.8. The zero-order valence-corrected chi connectivity index (χ0v) is 10.5. The molecule has 0 radical (unpaired) electrons. The van der Waals surface area contributed by atoms with Crippen molar-refractivity contribution in [3.05, 3.63) is 39.8 Å². The third-order valence-electron chi connectivity index (χ3n) is 2.34. The fraction of sp³-hybridized carbons (Fsp3) is 0.167. The highest BCUT2D eigenvalue weighted by Gasteiger charge is 2.15. The number of benzene rings is 1. The molecular formula is C12H12N2O3S. The number of aromatic hydroxyl groups is 2. The van der Waals surface area contributed by atoms with Gasteiger partial charge in [-0.15, -0.1) is 11.3 Å². The SMILES string of the molecule is Cc1ncc(CNC(=O)c2c(O)cccc2O)s1. The van der Waals surface area contributed by atoms with E-state index < -0.39 is 5.91 Å². The lowest BCUT2D eigenvalue weighted by Gasteiger charge is -2.07. The number of aromatic nitrogens is 1. The minimum absolute atomic E-state index is 0.112. The van der Waals surface area contributed by atoms with Gasteiger partial charge in [0.25, 0.3) is 5.91 Å². The van der Waals surface area contributed by atoms with Gasteiger partial charge in [-0.1, -0.05) is 6.07 Å². The Bertz CT molecular complexity index is 560. The molecule has 1 aromatic carbocycles. The van der Waals surface area contributed by atoms with E-state index in [1.54, 1.807) is 6.20 Å². The van der Waals surface area contributed by atoms with E-state index in [-0.39, 0.29) is 17.1 Å². The van der Waals surface area contributed by atoms with Gasteiger partial charge in [-0.05, 0) is 19.1 Å². The summed E-state index contributed by atoms with van der Waals surface area (Å²) in [5.74, 6) is -1.00. The second-order valence-corrected chi connectivity index (χ2v) is 5.02. The lowest BCUT2D eigenvalue weighted by Crippen LogP contribution is -2.22. The number of nitrogens with zero attached hydrogens (tertiary/aromatic N) is 1. The molecule has 0 aliphatic heterocycles. The van der Waals surface area contributed by atoms with Crippen LogP contribution in [0, 0.1) is 6.92 Å². The molecule has 0 bridgehead atoms. The summed E-state index contributed by atoms with van der Waals surface area (Å²) in [7, 11) is 0. The monoisotopic (exact) mass is 264 g/mol. The molecule has 2 rings (SSSR count). The van der Waals surface area contributed by atoms with Crippen molar-refractivity contribution in [2.45, 2.75) is 13.5 Å². The topological polar surface area (TPSA) is 82.5 Å². The highest BCUT2D eigenvalue weighted by atomic mass is 32.1. The van der Waals surface area contributed by atoms with Crippen molar-refractivity contribution in [3.63, 3.8) is 0 Å². The van der Waals surface area contributed by atoms with E-state index in [1.165, 1.54) is 29.5 Å². The normalized spacial score (nSPS) is 10.3. The maximum absolute atomic E-state index is 11.8. The van der Waals surface area contributed by atoms with Gasteiger partial charge in [-0.25, -0.2) is 4.98 Å². The van der Waals surface area contributed by atoms with E-state index in [4.69, 9.17) is 0 Å². The first-order valence-corrected chi connectivity index (χ1v) is 6.10. The summed E-state index contributed by atoms with van der Waals surface area (Å²) < 4.78 is 0. The van der Waals surface area contributed by atoms with Crippen LogP contribution in [0.2, 0.25) is 0 Å². The highest BCUT2D eigenvalue weighted by molar-refractivity contribution is 7.11. The summed E-state index contributed by atoms with van der Waals surface area (Å²) in [5, 5.41) is 22.6. The lowest BCUT2D eigenvalue weighted by atomic mass is 10.1. The van der Waals surface area contributed by atoms with Gasteiger partial charge in [-0.2, -0.15) is 0 Å². The van der Waals surface area contributed by atoms with Crippen LogP contribution < -0.4 is 5.32 Å². The molecule has 1 amide bonds. The molecule has 94 valence electrons. The molecule has 1 heterocycles. The smallest absolute Gasteiger partial charge is 0.259 e. The fourth-order valence-corrected chi connectivity index (χ4v) is 2.24. The van der Waals surface area contributed by atoms with Crippen LogP contribution in [0.3, 0.4) is 0 Å². The average molecular weight is 264 g/mol. The average Bonchev–Trinajstić information content (AvgIpc) is 2.72. The zero-order chi connectivity index (χ0) is 13.1. The van der Waals surface area contributed by atoms with Crippen LogP contribution in [-0.2, 0) is 6.54 Å². The Morgan fingerprint density at radius 3 is 2.61 bits per heavy atom. The number of carbonyl (C=O) groups excluding carboxylic acids is 1. The summed E-state index contributed by atoms with van der Waals surface area (Å²) in [6, 6.07) is 4.17. The summed E-state index contributed by atoms with van der Waals surface area (Å²) in [6.07, 6.45) is 1.69. The second kappa shape index (κ2) is 5.05. The molecule has 0 saturated heterocycles. The number of aryl methyl sites for hydroxylation is 1. The van der Waals surface area contributed by atoms with E-state index in [1.807, 2.05) is 6.92 Å². The first-order chi connectivity index (χ1) is 8.58. The number of hydrogen-bond donors (Lipinski definition) is 3. The third-order valence-corrected chi connectivity index (χ3v) is 3.25. The fourth-order valence-electron chi connectivity index (χ4n) is 1.50. The van der Waals surface area contributed by atoms with Crippen molar-refractivity contribution in [3.8, 4) is 11.5 Å². The predicted molar refractivity (Wildman–Crippen MR) is 67.8 cm³/mol. The summed E-state index contributed by atoms with van der Waals surface area (Å²) in [5.41, 5.74) is -0.112. The van der Waals surface area contributed by atoms with Crippen molar-refractivity contribution >= 4 is 17.2 Å². The first kappa shape index (κ1) is 12.4. The van der Waals surface area contributed by atoms with Crippen LogP contribution in [0.4, 0.5) is 0 Å². The number of thiazole rings is 1. The number of rotatable bonds is 3. The number of amides is 1. The van der Waals surface area contributed by atoms with E-state index in [0.29, 0.717) is 6.54 Å². The number of hydrogen-bond acceptors (Lipinski definition) is 5. The Balaban J connectivity index is 2.08. The van der Waals surface area contributed by atoms with Crippen LogP contribution in [0.15, 0.2) is 24.4 Å². The molecule has 18 heavy (non-hydrogen) atoms. The molecule has 0 unspecified atom stereocenters. The first-order valence-electron chi connectivity index (χ1n) is 5.28. The van der Waals surface area contributed by atoms with Gasteiger partial charge < -0.3 is 15.5 Å². The molecule has 5 nitrogen and oxygen atoms in total. The molecule has 0 atom stereocenters. The standard InChI is InChI=1S/C12H12N2O3S/c1-7-13-5-8(18-7)6-14-12(17)11-9(15)3-2-4-10(11)16/h2-5,15-16H,6H2,1H3,(H,14,17). The number of carbonyl (C=O) groups is 1. The van der Waals surface area contributed by atoms with Gasteiger partial charge in [0.1, 0.15) is 17.1 Å². The van der Waals surface area contributed by atoms with Gasteiger partial charge in [0, 0.05) is 11.1 Å². The number of phenolic OH excluding ortho intramolecular Hbond substituents is 2. The maximum Gasteiger partial charge on any atom is 0.259 e. The van der Waals surface area contributed by atoms with Crippen molar-refractivity contribution in [1.82, 2.24) is 10.3 Å². The molecule has 0 fully saturated rings. The second-order valence-electron chi connectivity index (χ2n) is 3.70. The number of nitrogens with one attached hydrogen (secondary N) is 1. The van der Waals surface area contributed by atoms with Gasteiger partial charge in [0.2, 0.25) is 0 Å². The summed E-state index contributed by atoms with van der Waals surface area (Å²) in [4.78, 5) is 16.8. The Morgan fingerprint density at radius 1 is 1.39 bits per heavy atom. The number of phenols is 2. The zero-order valence-electron chi connectivity index (χ0n) is 9.67. The molecule has 6 heteroatoms. The Labute approximate surface area is 108 Å². The molecule has 0 saturated carbocycles. The Morgan fingerprint density at radius 2 is 2.06 bits per heavy atom. The van der Waals surface area contributed by atoms with Crippen LogP contribution in [0.25, 0.3) is 0 Å². The highest BCUT2D eigenvalue weighted by Crippen LogP contribution is 2.26. The quantitative estimate of drug-likeness (QED) is 0.789. The van der Waals surface area contributed by atoms with Crippen molar-refractivity contribution in [1.29, 1.82) is 0 Å². The van der Waals surface area contributed by atoms with E-state index in [0.717, 1.165) is 9.88 Å². The molecule has 0 spiro atoms. The predicted octanol–water partition coefficient (Wildman–Crippen LogP) is 1.79. The molecule has 1 aromatic heterocycles. The van der Waals surface area contributed by atoms with Gasteiger partial charge in [0.05, 0.1) is 11.6 Å². The summed E-state index contributed by atoms with van der Waals surface area (Å²) in [6.45, 7) is 2.20. The van der Waals surface area contributed by atoms with E-state index >= 15 is 0 Å². The molecule has 0 aliphatic rings. The van der Waals surface area contributed by atoms with Crippen LogP contribution in [0.5, 0.6) is 11.5 Å². The van der Waals surface area contributed by atoms with Gasteiger partial charge in [-0.3, -0.25) is 4.79 Å². The minimum Gasteiger partial charge on any atom is -0.507 e. The van der Waals surface area contributed by atoms with Gasteiger partial charge in [0.15, 0.2) is 0 Å². The Hall–Kier alpha value is -2.08. The molecule has 2 aromatic rings. The van der Waals surface area contributed by atoms with Crippen molar-refractivity contribution in [2.24, 2.45) is 0 Å². The summed E-state index contributed by atoms with van der Waals surface area (Å²) >= 11 is 1.48. The van der Waals surface area contributed by atoms with Crippen molar-refractivity contribution < 1.29 is 15.0 Å². The van der Waals surface area contributed by atoms with E-state index in [2.05, 4.69) is 10.3 Å². The molecule has 0 aliphatic carbocycles. The molecule has 3 N–H and O–H groups in total. The largest absolute Gasteiger partial charge is 0.507 e. The minimum atomic E-state index is -0.517. The molecular weight excluding hydrogens is 252 g/mol. The Kier molecular flexibility index (Phi) is 3.47. The van der Waals surface area contributed by atoms with Crippen LogP contribution >= 0.6 is 11.3 Å². The third kappa shape index (κ3) is 2.60. The lowest BCUT2D eigenvalue weighted by molar-refractivity contribution is 0.0946. The van der Waals surface area contributed by atoms with Crippen LogP contribution in [-0.4, -0.2) is 21.1 Å². The van der Waals surface area contributed by atoms with Crippen LogP contribution in [0.1, 0.15) is 20.2 Å². The van der Waals surface area contributed by atoms with Crippen molar-refractivity contribution in [2.75, 3.05) is 0 Å². The van der Waals surface area contributed by atoms with Gasteiger partial charge >= 0.3 is 0 Å².